The molecule has 0 saturated heterocycles. The van der Waals surface area contributed by atoms with Crippen LogP contribution in [0.5, 0.6) is 5.75 Å². The van der Waals surface area contributed by atoms with E-state index in [0.29, 0.717) is 11.4 Å². The van der Waals surface area contributed by atoms with E-state index in [4.69, 9.17) is 10.00 Å². The minimum atomic E-state index is 0.248. The van der Waals surface area contributed by atoms with E-state index < -0.39 is 0 Å². The summed E-state index contributed by atoms with van der Waals surface area (Å²) in [5.74, 6) is 0.590. The molecule has 1 aliphatic carbocycles. The number of rotatable bonds is 2. The lowest BCUT2D eigenvalue weighted by Gasteiger charge is -2.14. The van der Waals surface area contributed by atoms with Gasteiger partial charge < -0.3 is 4.74 Å². The van der Waals surface area contributed by atoms with Crippen molar-refractivity contribution in [3.63, 3.8) is 0 Å². The third kappa shape index (κ3) is 2.29. The van der Waals surface area contributed by atoms with Crippen molar-refractivity contribution in [2.45, 2.75) is 31.8 Å². The summed E-state index contributed by atoms with van der Waals surface area (Å²) in [5.41, 5.74) is 0.358. The molecule has 0 bridgehead atoms. The molecule has 0 spiro atoms. The molecule has 3 nitrogen and oxygen atoms in total. The van der Waals surface area contributed by atoms with E-state index in [1.807, 2.05) is 6.07 Å². The Labute approximate surface area is 97.2 Å². The van der Waals surface area contributed by atoms with Crippen LogP contribution in [0.4, 0.5) is 0 Å². The van der Waals surface area contributed by atoms with Crippen molar-refractivity contribution < 1.29 is 4.74 Å². The molecule has 0 N–H and O–H groups in total. The molecule has 15 heavy (non-hydrogen) atoms. The first kappa shape index (κ1) is 10.4. The van der Waals surface area contributed by atoms with Crippen LogP contribution in [0.15, 0.2) is 16.7 Å². The average Bonchev–Trinajstić information content (AvgIpc) is 2.74. The van der Waals surface area contributed by atoms with E-state index in [9.17, 15) is 0 Å². The number of halogens is 1. The van der Waals surface area contributed by atoms with Gasteiger partial charge in [-0.2, -0.15) is 5.26 Å². The van der Waals surface area contributed by atoms with Crippen molar-refractivity contribution in [1.29, 1.82) is 5.26 Å². The molecule has 1 fully saturated rings. The van der Waals surface area contributed by atoms with Gasteiger partial charge in [0.25, 0.3) is 0 Å². The smallest absolute Gasteiger partial charge is 0.183 e. The van der Waals surface area contributed by atoms with Crippen molar-refractivity contribution in [2.24, 2.45) is 0 Å². The normalized spacial score (nSPS) is 16.3. The van der Waals surface area contributed by atoms with E-state index in [0.717, 1.165) is 17.3 Å². The van der Waals surface area contributed by atoms with Gasteiger partial charge in [0, 0.05) is 6.20 Å². The molecule has 0 unspecified atom stereocenters. The van der Waals surface area contributed by atoms with Gasteiger partial charge in [-0.1, -0.05) is 0 Å². The highest BCUT2D eigenvalue weighted by atomic mass is 79.9. The SMILES string of the molecule is N#Cc1nccc(Br)c1OC1CCCC1. The standard InChI is InChI=1S/C11H11BrN2O/c12-9-5-6-14-10(7-13)11(9)15-8-3-1-2-4-8/h5-6,8H,1-4H2. The first-order chi connectivity index (χ1) is 7.31. The van der Waals surface area contributed by atoms with Gasteiger partial charge in [0.1, 0.15) is 6.07 Å². The lowest BCUT2D eigenvalue weighted by atomic mass is 10.3. The van der Waals surface area contributed by atoms with Crippen LogP contribution in [0.2, 0.25) is 0 Å². The molecular formula is C11H11BrN2O. The second-order valence-electron chi connectivity index (χ2n) is 3.61. The molecule has 4 heteroatoms. The van der Waals surface area contributed by atoms with Crippen LogP contribution in [-0.4, -0.2) is 11.1 Å². The van der Waals surface area contributed by atoms with Crippen LogP contribution in [0.3, 0.4) is 0 Å². The van der Waals surface area contributed by atoms with Gasteiger partial charge in [-0.15, -0.1) is 0 Å². The first-order valence-electron chi connectivity index (χ1n) is 5.02. The lowest BCUT2D eigenvalue weighted by molar-refractivity contribution is 0.207. The van der Waals surface area contributed by atoms with Crippen LogP contribution in [-0.2, 0) is 0 Å². The predicted molar refractivity (Wildman–Crippen MR) is 59.5 cm³/mol. The zero-order chi connectivity index (χ0) is 10.7. The van der Waals surface area contributed by atoms with Gasteiger partial charge in [-0.3, -0.25) is 0 Å². The average molecular weight is 267 g/mol. The molecule has 1 aromatic rings. The molecule has 1 heterocycles. The number of hydrogen-bond donors (Lipinski definition) is 0. The third-order valence-corrected chi connectivity index (χ3v) is 3.17. The molecule has 0 radical (unpaired) electrons. The largest absolute Gasteiger partial charge is 0.486 e. The minimum absolute atomic E-state index is 0.248. The Morgan fingerprint density at radius 1 is 1.47 bits per heavy atom. The maximum absolute atomic E-state index is 8.90. The fraction of sp³-hybridized carbons (Fsp3) is 0.455. The molecule has 0 amide bonds. The number of hydrogen-bond acceptors (Lipinski definition) is 3. The molecule has 78 valence electrons. The van der Waals surface area contributed by atoms with Crippen molar-refractivity contribution in [3.05, 3.63) is 22.4 Å². The van der Waals surface area contributed by atoms with Gasteiger partial charge in [0.2, 0.25) is 0 Å². The summed E-state index contributed by atoms with van der Waals surface area (Å²) in [6.45, 7) is 0. The summed E-state index contributed by atoms with van der Waals surface area (Å²) < 4.78 is 6.60. The van der Waals surface area contributed by atoms with Crippen molar-refractivity contribution in [2.75, 3.05) is 0 Å². The lowest BCUT2D eigenvalue weighted by Crippen LogP contribution is -2.12. The highest BCUT2D eigenvalue weighted by molar-refractivity contribution is 9.10. The second kappa shape index (κ2) is 4.63. The number of ether oxygens (including phenoxy) is 1. The number of nitriles is 1. The summed E-state index contributed by atoms with van der Waals surface area (Å²) in [5, 5.41) is 8.90. The molecule has 1 aliphatic rings. The van der Waals surface area contributed by atoms with E-state index in [1.165, 1.54) is 12.8 Å². The van der Waals surface area contributed by atoms with Crippen molar-refractivity contribution in [1.82, 2.24) is 4.98 Å². The third-order valence-electron chi connectivity index (χ3n) is 2.55. The Balaban J connectivity index is 2.22. The number of aromatic nitrogens is 1. The summed E-state index contributed by atoms with van der Waals surface area (Å²) in [7, 11) is 0. The van der Waals surface area contributed by atoms with Crippen molar-refractivity contribution >= 4 is 15.9 Å². The zero-order valence-corrected chi connectivity index (χ0v) is 9.83. The molecule has 0 atom stereocenters. The van der Waals surface area contributed by atoms with Gasteiger partial charge in [-0.25, -0.2) is 4.98 Å². The highest BCUT2D eigenvalue weighted by Gasteiger charge is 2.19. The van der Waals surface area contributed by atoms with Gasteiger partial charge in [0.15, 0.2) is 11.4 Å². The minimum Gasteiger partial charge on any atom is -0.486 e. The topological polar surface area (TPSA) is 45.9 Å². The summed E-state index contributed by atoms with van der Waals surface area (Å²) in [4.78, 5) is 3.98. The summed E-state index contributed by atoms with van der Waals surface area (Å²) in [6, 6.07) is 3.84. The Morgan fingerprint density at radius 3 is 2.87 bits per heavy atom. The van der Waals surface area contributed by atoms with E-state index in [-0.39, 0.29) is 6.10 Å². The molecule has 2 rings (SSSR count). The zero-order valence-electron chi connectivity index (χ0n) is 8.24. The second-order valence-corrected chi connectivity index (χ2v) is 4.46. The Morgan fingerprint density at radius 2 is 2.20 bits per heavy atom. The van der Waals surface area contributed by atoms with Gasteiger partial charge in [-0.05, 0) is 47.7 Å². The number of nitrogens with zero attached hydrogens (tertiary/aromatic N) is 2. The fourth-order valence-corrected chi connectivity index (χ4v) is 2.19. The van der Waals surface area contributed by atoms with Crippen LogP contribution in [0, 0.1) is 11.3 Å². The molecule has 0 aliphatic heterocycles. The Kier molecular flexibility index (Phi) is 3.22. The summed E-state index contributed by atoms with van der Waals surface area (Å²) >= 11 is 3.38. The fourth-order valence-electron chi connectivity index (χ4n) is 1.79. The van der Waals surface area contributed by atoms with Crippen LogP contribution in [0.1, 0.15) is 31.4 Å². The maximum Gasteiger partial charge on any atom is 0.183 e. The monoisotopic (exact) mass is 266 g/mol. The predicted octanol–water partition coefficient (Wildman–Crippen LogP) is 3.04. The Bertz CT molecular complexity index is 394. The van der Waals surface area contributed by atoms with E-state index in [2.05, 4.69) is 20.9 Å². The van der Waals surface area contributed by atoms with Crippen LogP contribution >= 0.6 is 15.9 Å². The molecule has 0 aromatic carbocycles. The molecule has 1 aromatic heterocycles. The number of pyridine rings is 1. The van der Waals surface area contributed by atoms with Crippen LogP contribution in [0.25, 0.3) is 0 Å². The van der Waals surface area contributed by atoms with E-state index >= 15 is 0 Å². The quantitative estimate of drug-likeness (QED) is 0.827. The molecule has 1 saturated carbocycles. The Hall–Kier alpha value is -1.08. The maximum atomic E-state index is 8.90. The van der Waals surface area contributed by atoms with E-state index in [1.54, 1.807) is 12.3 Å². The van der Waals surface area contributed by atoms with Gasteiger partial charge >= 0.3 is 0 Å². The molecular weight excluding hydrogens is 256 g/mol. The first-order valence-corrected chi connectivity index (χ1v) is 5.82. The van der Waals surface area contributed by atoms with Crippen LogP contribution < -0.4 is 4.74 Å². The highest BCUT2D eigenvalue weighted by Crippen LogP contribution is 2.31. The summed E-state index contributed by atoms with van der Waals surface area (Å²) in [6.07, 6.45) is 6.43. The van der Waals surface area contributed by atoms with Gasteiger partial charge in [0.05, 0.1) is 10.6 Å². The van der Waals surface area contributed by atoms with Crippen molar-refractivity contribution in [3.8, 4) is 11.8 Å².